The number of halogens is 3. The number of nitrogens with zero attached hydrogens (tertiary/aromatic N) is 1. The van der Waals surface area contributed by atoms with Crippen LogP contribution < -0.4 is 15.4 Å². The minimum atomic E-state index is -2.47. The number of aliphatic imine (C=N–C) groups is 1. The van der Waals surface area contributed by atoms with Gasteiger partial charge in [0.05, 0.1) is 6.54 Å². The van der Waals surface area contributed by atoms with E-state index in [-0.39, 0.29) is 24.0 Å². The molecule has 0 unspecified atom stereocenters. The van der Waals surface area contributed by atoms with Gasteiger partial charge in [-0.3, -0.25) is 0 Å². The van der Waals surface area contributed by atoms with Gasteiger partial charge in [-0.15, -0.1) is 24.0 Å². The van der Waals surface area contributed by atoms with E-state index in [1.54, 1.807) is 30.0 Å². The van der Waals surface area contributed by atoms with Gasteiger partial charge in [0.25, 0.3) is 6.43 Å². The van der Waals surface area contributed by atoms with E-state index in [1.165, 1.54) is 0 Å². The van der Waals surface area contributed by atoms with Crippen molar-refractivity contribution in [2.24, 2.45) is 4.99 Å². The van der Waals surface area contributed by atoms with Gasteiger partial charge >= 0.3 is 0 Å². The molecule has 0 radical (unpaired) electrons. The molecule has 0 spiro atoms. The summed E-state index contributed by atoms with van der Waals surface area (Å²) in [5.74, 6) is 2.19. The maximum absolute atomic E-state index is 12.1. The molecule has 0 fully saturated rings. The lowest BCUT2D eigenvalue weighted by molar-refractivity contribution is 0.0818. The summed E-state index contributed by atoms with van der Waals surface area (Å²) < 4.78 is 29.3. The van der Waals surface area contributed by atoms with E-state index in [0.29, 0.717) is 12.3 Å². The Morgan fingerprint density at radius 3 is 2.78 bits per heavy atom. The van der Waals surface area contributed by atoms with Crippen LogP contribution in [0.5, 0.6) is 5.75 Å². The Morgan fingerprint density at radius 2 is 2.13 bits per heavy atom. The second-order valence-electron chi connectivity index (χ2n) is 4.46. The summed E-state index contributed by atoms with van der Waals surface area (Å²) in [5.41, 5.74) is 0.911. The normalized spacial score (nSPS) is 11.1. The number of thioether (sulfide) groups is 1. The van der Waals surface area contributed by atoms with Crippen LogP contribution in [0.2, 0.25) is 0 Å². The van der Waals surface area contributed by atoms with Gasteiger partial charge < -0.3 is 15.4 Å². The number of nitrogens with one attached hydrogen (secondary N) is 2. The van der Waals surface area contributed by atoms with E-state index >= 15 is 0 Å². The molecule has 0 saturated carbocycles. The lowest BCUT2D eigenvalue weighted by Crippen LogP contribution is -2.38. The summed E-state index contributed by atoms with van der Waals surface area (Å²) in [6.45, 7) is 3.49. The first-order valence-corrected chi connectivity index (χ1v) is 8.56. The zero-order valence-corrected chi connectivity index (χ0v) is 16.5. The standard InChI is InChI=1S/C15H23F2N3OS.HI/c1-3-18-15(19-7-8-22-2)20-10-12-5-4-6-13(9-12)21-11-14(16)17;/h4-6,9,14H,3,7-8,10-11H2,1-2H3,(H2,18,19,20);1H. The molecule has 23 heavy (non-hydrogen) atoms. The average Bonchev–Trinajstić information content (AvgIpc) is 2.51. The highest BCUT2D eigenvalue weighted by atomic mass is 127. The molecular formula is C15H24F2IN3OS. The molecule has 0 heterocycles. The Bertz CT molecular complexity index is 464. The zero-order valence-electron chi connectivity index (χ0n) is 13.4. The van der Waals surface area contributed by atoms with Crippen LogP contribution in [-0.4, -0.2) is 44.1 Å². The fourth-order valence-corrected chi connectivity index (χ4v) is 1.98. The van der Waals surface area contributed by atoms with Crippen LogP contribution in [0.25, 0.3) is 0 Å². The molecule has 2 N–H and O–H groups in total. The first kappa shape index (κ1) is 22.2. The van der Waals surface area contributed by atoms with E-state index in [1.807, 2.05) is 13.0 Å². The Morgan fingerprint density at radius 1 is 1.35 bits per heavy atom. The maximum atomic E-state index is 12.1. The lowest BCUT2D eigenvalue weighted by Gasteiger charge is -2.11. The summed E-state index contributed by atoms with van der Waals surface area (Å²) in [7, 11) is 0. The molecule has 4 nitrogen and oxygen atoms in total. The van der Waals surface area contributed by atoms with Crippen LogP contribution in [0.3, 0.4) is 0 Å². The van der Waals surface area contributed by atoms with Crippen molar-refractivity contribution in [2.45, 2.75) is 19.9 Å². The van der Waals surface area contributed by atoms with Crippen molar-refractivity contribution in [1.82, 2.24) is 10.6 Å². The molecule has 0 aromatic heterocycles. The second kappa shape index (κ2) is 13.6. The Hall–Kier alpha value is -0.770. The predicted molar refractivity (Wildman–Crippen MR) is 105 cm³/mol. The van der Waals surface area contributed by atoms with Crippen molar-refractivity contribution in [1.29, 1.82) is 0 Å². The van der Waals surface area contributed by atoms with Gasteiger partial charge in [0.15, 0.2) is 5.96 Å². The molecule has 0 atom stereocenters. The van der Waals surface area contributed by atoms with E-state index in [0.717, 1.165) is 30.4 Å². The average molecular weight is 459 g/mol. The number of ether oxygens (including phenoxy) is 1. The number of alkyl halides is 2. The third kappa shape index (κ3) is 10.6. The molecule has 132 valence electrons. The predicted octanol–water partition coefficient (Wildman–Crippen LogP) is 3.37. The second-order valence-corrected chi connectivity index (χ2v) is 5.45. The minimum Gasteiger partial charge on any atom is -0.488 e. The van der Waals surface area contributed by atoms with Crippen LogP contribution in [0.1, 0.15) is 12.5 Å². The number of hydrogen-bond acceptors (Lipinski definition) is 3. The van der Waals surface area contributed by atoms with Crippen LogP contribution in [-0.2, 0) is 6.54 Å². The zero-order chi connectivity index (χ0) is 16.2. The van der Waals surface area contributed by atoms with Gasteiger partial charge in [-0.1, -0.05) is 12.1 Å². The van der Waals surface area contributed by atoms with E-state index in [4.69, 9.17) is 4.74 Å². The van der Waals surface area contributed by atoms with Gasteiger partial charge in [-0.05, 0) is 30.9 Å². The molecule has 1 rings (SSSR count). The van der Waals surface area contributed by atoms with Gasteiger partial charge in [-0.2, -0.15) is 11.8 Å². The summed E-state index contributed by atoms with van der Waals surface area (Å²) in [6.07, 6.45) is -0.418. The van der Waals surface area contributed by atoms with Crippen LogP contribution in [0.15, 0.2) is 29.3 Å². The third-order valence-electron chi connectivity index (χ3n) is 2.64. The van der Waals surface area contributed by atoms with Crippen LogP contribution >= 0.6 is 35.7 Å². The summed E-state index contributed by atoms with van der Waals surface area (Å²) in [5, 5.41) is 6.40. The Labute approximate surface area is 157 Å². The highest BCUT2D eigenvalue weighted by molar-refractivity contribution is 14.0. The minimum absolute atomic E-state index is 0. The van der Waals surface area contributed by atoms with Gasteiger partial charge in [0, 0.05) is 18.8 Å². The topological polar surface area (TPSA) is 45.7 Å². The van der Waals surface area contributed by atoms with Gasteiger partial charge in [-0.25, -0.2) is 13.8 Å². The largest absolute Gasteiger partial charge is 0.488 e. The van der Waals surface area contributed by atoms with Crippen molar-refractivity contribution < 1.29 is 13.5 Å². The van der Waals surface area contributed by atoms with Crippen molar-refractivity contribution in [3.05, 3.63) is 29.8 Å². The van der Waals surface area contributed by atoms with Crippen molar-refractivity contribution in [2.75, 3.05) is 31.7 Å². The van der Waals surface area contributed by atoms with Crippen molar-refractivity contribution >= 4 is 41.7 Å². The third-order valence-corrected chi connectivity index (χ3v) is 3.25. The molecule has 0 aliphatic carbocycles. The maximum Gasteiger partial charge on any atom is 0.272 e. The molecule has 1 aromatic rings. The molecule has 0 aliphatic rings. The SMILES string of the molecule is CCNC(=NCc1cccc(OCC(F)F)c1)NCCSC.I. The first-order valence-electron chi connectivity index (χ1n) is 7.16. The molecule has 0 amide bonds. The van der Waals surface area contributed by atoms with E-state index in [9.17, 15) is 8.78 Å². The van der Waals surface area contributed by atoms with E-state index in [2.05, 4.69) is 21.9 Å². The molecule has 0 saturated heterocycles. The highest BCUT2D eigenvalue weighted by Gasteiger charge is 2.04. The Kier molecular flexibility index (Phi) is 13.2. The monoisotopic (exact) mass is 459 g/mol. The summed E-state index contributed by atoms with van der Waals surface area (Å²) in [6, 6.07) is 7.07. The van der Waals surface area contributed by atoms with Crippen molar-refractivity contribution in [3.8, 4) is 5.75 Å². The van der Waals surface area contributed by atoms with E-state index < -0.39 is 13.0 Å². The number of guanidine groups is 1. The fraction of sp³-hybridized carbons (Fsp3) is 0.533. The number of benzene rings is 1. The van der Waals surface area contributed by atoms with Gasteiger partial charge in [0.2, 0.25) is 0 Å². The fourth-order valence-electron chi connectivity index (χ4n) is 1.68. The quantitative estimate of drug-likeness (QED) is 0.257. The van der Waals surface area contributed by atoms with Crippen molar-refractivity contribution in [3.63, 3.8) is 0 Å². The smallest absolute Gasteiger partial charge is 0.272 e. The first-order chi connectivity index (χ1) is 10.7. The number of hydrogen-bond donors (Lipinski definition) is 2. The van der Waals surface area contributed by atoms with Crippen LogP contribution in [0, 0.1) is 0 Å². The Balaban J connectivity index is 0.00000484. The summed E-state index contributed by atoms with van der Waals surface area (Å²) >= 11 is 1.76. The highest BCUT2D eigenvalue weighted by Crippen LogP contribution is 2.14. The lowest BCUT2D eigenvalue weighted by atomic mass is 10.2. The molecule has 1 aromatic carbocycles. The number of rotatable bonds is 9. The molecule has 0 bridgehead atoms. The molecular weight excluding hydrogens is 435 g/mol. The van der Waals surface area contributed by atoms with Gasteiger partial charge in [0.1, 0.15) is 12.4 Å². The molecule has 8 heteroatoms. The van der Waals surface area contributed by atoms with Crippen LogP contribution in [0.4, 0.5) is 8.78 Å². The molecule has 0 aliphatic heterocycles. The summed E-state index contributed by atoms with van der Waals surface area (Å²) in [4.78, 5) is 4.47.